The number of amides is 1. The van der Waals surface area contributed by atoms with E-state index in [0.29, 0.717) is 24.3 Å². The SMILES string of the molecule is O=C(Cn1c(=O)c2cccn2c2cccnc21)N1CCN(Cc2ccccc2)CC1. The molecule has 3 aromatic heterocycles. The third-order valence-electron chi connectivity index (χ3n) is 5.76. The topological polar surface area (TPSA) is 62.9 Å². The maximum atomic E-state index is 13.0. The number of carbonyl (C=O) groups is 1. The molecule has 7 heteroatoms. The van der Waals surface area contributed by atoms with Gasteiger partial charge in [-0.2, -0.15) is 0 Å². The van der Waals surface area contributed by atoms with E-state index in [1.165, 1.54) is 10.1 Å². The van der Waals surface area contributed by atoms with Crippen LogP contribution in [0.2, 0.25) is 0 Å². The first-order chi connectivity index (χ1) is 14.7. The molecule has 4 aromatic rings. The summed E-state index contributed by atoms with van der Waals surface area (Å²) < 4.78 is 3.33. The predicted molar refractivity (Wildman–Crippen MR) is 115 cm³/mol. The highest BCUT2D eigenvalue weighted by Gasteiger charge is 2.23. The van der Waals surface area contributed by atoms with Gasteiger partial charge < -0.3 is 9.30 Å². The molecular weight excluding hydrogens is 378 g/mol. The van der Waals surface area contributed by atoms with Crippen molar-refractivity contribution >= 4 is 22.6 Å². The van der Waals surface area contributed by atoms with Gasteiger partial charge in [-0.15, -0.1) is 0 Å². The second-order valence-corrected chi connectivity index (χ2v) is 7.64. The van der Waals surface area contributed by atoms with Crippen molar-refractivity contribution in [3.63, 3.8) is 0 Å². The van der Waals surface area contributed by atoms with E-state index in [-0.39, 0.29) is 18.0 Å². The smallest absolute Gasteiger partial charge is 0.276 e. The van der Waals surface area contributed by atoms with Crippen molar-refractivity contribution in [1.82, 2.24) is 23.8 Å². The molecular formula is C23H23N5O2. The van der Waals surface area contributed by atoms with Crippen LogP contribution in [-0.4, -0.2) is 55.8 Å². The van der Waals surface area contributed by atoms with Crippen molar-refractivity contribution in [2.75, 3.05) is 26.2 Å². The zero-order chi connectivity index (χ0) is 20.5. The zero-order valence-corrected chi connectivity index (χ0v) is 16.6. The molecule has 152 valence electrons. The van der Waals surface area contributed by atoms with Crippen LogP contribution in [0.1, 0.15) is 5.56 Å². The minimum absolute atomic E-state index is 0.00666. The average Bonchev–Trinajstić information content (AvgIpc) is 3.28. The summed E-state index contributed by atoms with van der Waals surface area (Å²) in [5, 5.41) is 0. The summed E-state index contributed by atoms with van der Waals surface area (Å²) in [6.45, 7) is 3.88. The molecule has 4 heterocycles. The van der Waals surface area contributed by atoms with E-state index in [9.17, 15) is 9.59 Å². The van der Waals surface area contributed by atoms with E-state index in [1.807, 2.05) is 51.9 Å². The van der Waals surface area contributed by atoms with Gasteiger partial charge in [-0.3, -0.25) is 19.1 Å². The first kappa shape index (κ1) is 18.6. The normalized spacial score (nSPS) is 15.1. The number of rotatable bonds is 4. The molecule has 1 aromatic carbocycles. The van der Waals surface area contributed by atoms with Crippen molar-refractivity contribution in [2.45, 2.75) is 13.1 Å². The van der Waals surface area contributed by atoms with E-state index in [2.05, 4.69) is 22.0 Å². The van der Waals surface area contributed by atoms with E-state index < -0.39 is 0 Å². The van der Waals surface area contributed by atoms with Crippen LogP contribution in [0.3, 0.4) is 0 Å². The van der Waals surface area contributed by atoms with Crippen LogP contribution in [0, 0.1) is 0 Å². The molecule has 0 N–H and O–H groups in total. The summed E-state index contributed by atoms with van der Waals surface area (Å²) in [6.07, 6.45) is 3.50. The fraction of sp³-hybridized carbons (Fsp3) is 0.261. The highest BCUT2D eigenvalue weighted by Crippen LogP contribution is 2.14. The summed E-state index contributed by atoms with van der Waals surface area (Å²) in [6, 6.07) is 17.7. The van der Waals surface area contributed by atoms with Crippen LogP contribution in [0.25, 0.3) is 16.7 Å². The van der Waals surface area contributed by atoms with Crippen molar-refractivity contribution in [3.8, 4) is 0 Å². The number of piperazine rings is 1. The van der Waals surface area contributed by atoms with Gasteiger partial charge in [0.2, 0.25) is 5.91 Å². The average molecular weight is 401 g/mol. The zero-order valence-electron chi connectivity index (χ0n) is 16.6. The van der Waals surface area contributed by atoms with Gasteiger partial charge in [-0.1, -0.05) is 30.3 Å². The highest BCUT2D eigenvalue weighted by molar-refractivity contribution is 5.80. The molecule has 30 heavy (non-hydrogen) atoms. The lowest BCUT2D eigenvalue weighted by atomic mass is 10.2. The Morgan fingerprint density at radius 1 is 0.900 bits per heavy atom. The number of hydrogen-bond acceptors (Lipinski definition) is 4. The molecule has 0 spiro atoms. The van der Waals surface area contributed by atoms with Gasteiger partial charge in [-0.05, 0) is 29.8 Å². The minimum atomic E-state index is -0.192. The second kappa shape index (κ2) is 7.76. The summed E-state index contributed by atoms with van der Waals surface area (Å²) in [5.74, 6) is -0.0423. The summed E-state index contributed by atoms with van der Waals surface area (Å²) in [5.41, 5.74) is 2.99. The molecule has 1 saturated heterocycles. The van der Waals surface area contributed by atoms with Gasteiger partial charge in [0.05, 0.1) is 5.52 Å². The maximum Gasteiger partial charge on any atom is 0.276 e. The molecule has 1 fully saturated rings. The van der Waals surface area contributed by atoms with Gasteiger partial charge >= 0.3 is 0 Å². The quantitative estimate of drug-likeness (QED) is 0.525. The standard InChI is InChI=1S/C23H23N5O2/c29-21(26-14-12-25(13-15-26)16-18-6-2-1-3-7-18)17-28-22-19(8-4-10-24-22)27-11-5-9-20(27)23(28)30/h1-11H,12-17H2. The minimum Gasteiger partial charge on any atom is -0.339 e. The Bertz CT molecular complexity index is 1250. The van der Waals surface area contributed by atoms with E-state index >= 15 is 0 Å². The van der Waals surface area contributed by atoms with Crippen molar-refractivity contribution < 1.29 is 4.79 Å². The molecule has 0 saturated carbocycles. The van der Waals surface area contributed by atoms with Crippen molar-refractivity contribution in [2.24, 2.45) is 0 Å². The van der Waals surface area contributed by atoms with Crippen molar-refractivity contribution in [1.29, 1.82) is 0 Å². The molecule has 7 nitrogen and oxygen atoms in total. The lowest BCUT2D eigenvalue weighted by Crippen LogP contribution is -2.49. The molecule has 5 rings (SSSR count). The molecule has 1 aliphatic heterocycles. The van der Waals surface area contributed by atoms with Crippen LogP contribution >= 0.6 is 0 Å². The van der Waals surface area contributed by atoms with Crippen LogP contribution in [0.5, 0.6) is 0 Å². The Morgan fingerprint density at radius 2 is 1.67 bits per heavy atom. The van der Waals surface area contributed by atoms with E-state index in [4.69, 9.17) is 0 Å². The molecule has 0 radical (unpaired) electrons. The molecule has 1 amide bonds. The van der Waals surface area contributed by atoms with Crippen molar-refractivity contribution in [3.05, 3.63) is 82.9 Å². The van der Waals surface area contributed by atoms with Gasteiger partial charge in [0, 0.05) is 45.1 Å². The number of nitrogens with zero attached hydrogens (tertiary/aromatic N) is 5. The van der Waals surface area contributed by atoms with Crippen LogP contribution in [-0.2, 0) is 17.9 Å². The van der Waals surface area contributed by atoms with Gasteiger partial charge in [0.25, 0.3) is 5.56 Å². The largest absolute Gasteiger partial charge is 0.339 e. The van der Waals surface area contributed by atoms with Crippen LogP contribution < -0.4 is 5.56 Å². The summed E-state index contributed by atoms with van der Waals surface area (Å²) in [4.78, 5) is 34.6. The van der Waals surface area contributed by atoms with Crippen LogP contribution in [0.15, 0.2) is 71.8 Å². The molecule has 0 aliphatic carbocycles. The molecule has 0 bridgehead atoms. The fourth-order valence-electron chi connectivity index (χ4n) is 4.16. The Labute approximate surface area is 173 Å². The Hall–Kier alpha value is -3.45. The number of aromatic nitrogens is 3. The van der Waals surface area contributed by atoms with Gasteiger partial charge in [0.1, 0.15) is 12.1 Å². The third kappa shape index (κ3) is 3.37. The lowest BCUT2D eigenvalue weighted by Gasteiger charge is -2.35. The third-order valence-corrected chi connectivity index (χ3v) is 5.76. The number of benzene rings is 1. The summed E-state index contributed by atoms with van der Waals surface area (Å²) in [7, 11) is 0. The van der Waals surface area contributed by atoms with Gasteiger partial charge in [-0.25, -0.2) is 4.98 Å². The second-order valence-electron chi connectivity index (χ2n) is 7.64. The van der Waals surface area contributed by atoms with E-state index in [0.717, 1.165) is 25.2 Å². The summed E-state index contributed by atoms with van der Waals surface area (Å²) >= 11 is 0. The number of fused-ring (bicyclic) bond motifs is 3. The fourth-order valence-corrected chi connectivity index (χ4v) is 4.16. The van der Waals surface area contributed by atoms with Crippen LogP contribution in [0.4, 0.5) is 0 Å². The molecule has 1 aliphatic rings. The molecule has 0 unspecified atom stereocenters. The highest BCUT2D eigenvalue weighted by atomic mass is 16.2. The first-order valence-electron chi connectivity index (χ1n) is 10.2. The molecule has 0 atom stereocenters. The lowest BCUT2D eigenvalue weighted by molar-refractivity contribution is -0.133. The number of carbonyl (C=O) groups excluding carboxylic acids is 1. The monoisotopic (exact) mass is 401 g/mol. The number of hydrogen-bond donors (Lipinski definition) is 0. The number of pyridine rings is 1. The Balaban J connectivity index is 1.33. The Morgan fingerprint density at radius 3 is 2.47 bits per heavy atom. The van der Waals surface area contributed by atoms with E-state index in [1.54, 1.807) is 12.3 Å². The Kier molecular flexibility index (Phi) is 4.80. The first-order valence-corrected chi connectivity index (χ1v) is 10.2. The predicted octanol–water partition coefficient (Wildman–Crippen LogP) is 1.99. The van der Waals surface area contributed by atoms with Gasteiger partial charge in [0.15, 0.2) is 5.65 Å². The maximum absolute atomic E-state index is 13.0.